The van der Waals surface area contributed by atoms with Gasteiger partial charge < -0.3 is 10.2 Å². The fraction of sp³-hybridized carbons (Fsp3) is 0.269. The maximum absolute atomic E-state index is 12.9. The van der Waals surface area contributed by atoms with Crippen LogP contribution in [0.3, 0.4) is 0 Å². The predicted molar refractivity (Wildman–Crippen MR) is 126 cm³/mol. The monoisotopic (exact) mass is 428 g/mol. The van der Waals surface area contributed by atoms with Gasteiger partial charge in [-0.05, 0) is 37.0 Å². The molecule has 164 valence electrons. The topological polar surface area (TPSA) is 67.2 Å². The van der Waals surface area contributed by atoms with E-state index in [0.29, 0.717) is 38.3 Å². The third kappa shape index (κ3) is 5.52. The maximum atomic E-state index is 12.9. The molecule has 1 fully saturated rings. The van der Waals surface area contributed by atoms with Gasteiger partial charge in [-0.2, -0.15) is 5.10 Å². The number of aromatic nitrogens is 2. The Morgan fingerprint density at radius 2 is 1.69 bits per heavy atom. The molecule has 6 nitrogen and oxygen atoms in total. The number of likely N-dealkylation sites (tertiary alicyclic amines) is 1. The van der Waals surface area contributed by atoms with Crippen LogP contribution in [0.4, 0.5) is 5.82 Å². The predicted octanol–water partition coefficient (Wildman–Crippen LogP) is 4.13. The van der Waals surface area contributed by atoms with E-state index in [4.69, 9.17) is 0 Å². The largest absolute Gasteiger partial charge is 0.339 e. The summed E-state index contributed by atoms with van der Waals surface area (Å²) < 4.78 is 1.83. The van der Waals surface area contributed by atoms with E-state index in [-0.39, 0.29) is 17.7 Å². The van der Waals surface area contributed by atoms with Crippen molar-refractivity contribution in [2.75, 3.05) is 18.4 Å². The van der Waals surface area contributed by atoms with E-state index in [1.165, 1.54) is 0 Å². The molecule has 2 amide bonds. The van der Waals surface area contributed by atoms with Crippen LogP contribution in [0.15, 0.2) is 72.8 Å². The Balaban J connectivity index is 1.31. The van der Waals surface area contributed by atoms with E-state index in [2.05, 4.69) is 10.4 Å². The van der Waals surface area contributed by atoms with Crippen LogP contribution in [0.2, 0.25) is 0 Å². The zero-order valence-corrected chi connectivity index (χ0v) is 18.3. The molecule has 2 aromatic carbocycles. The van der Waals surface area contributed by atoms with Gasteiger partial charge in [0.25, 0.3) is 0 Å². The molecular formula is C26H28N4O2. The SMILES string of the molecule is Cc1cc(NC(=O)C2CCN(C(=O)/C=C/c3ccccc3)CC2)n(Cc2ccccc2)n1. The highest BCUT2D eigenvalue weighted by Gasteiger charge is 2.27. The van der Waals surface area contributed by atoms with Crippen molar-refractivity contribution in [2.45, 2.75) is 26.3 Å². The lowest BCUT2D eigenvalue weighted by Gasteiger charge is -2.30. The van der Waals surface area contributed by atoms with Crippen LogP contribution < -0.4 is 5.32 Å². The smallest absolute Gasteiger partial charge is 0.246 e. The van der Waals surface area contributed by atoms with Crippen molar-refractivity contribution in [3.63, 3.8) is 0 Å². The number of amides is 2. The van der Waals surface area contributed by atoms with Crippen molar-refractivity contribution in [3.8, 4) is 0 Å². The standard InChI is InChI=1S/C26H28N4O2/c1-20-18-24(30(28-20)19-22-10-6-3-7-11-22)27-26(32)23-14-16-29(17-15-23)25(31)13-12-21-8-4-2-5-9-21/h2-13,18,23H,14-17,19H2,1H3,(H,27,32)/b13-12+. The Morgan fingerprint density at radius 1 is 1.03 bits per heavy atom. The third-order valence-electron chi connectivity index (χ3n) is 5.72. The van der Waals surface area contributed by atoms with E-state index in [0.717, 1.165) is 16.8 Å². The van der Waals surface area contributed by atoms with Gasteiger partial charge >= 0.3 is 0 Å². The van der Waals surface area contributed by atoms with Gasteiger partial charge in [0.1, 0.15) is 5.82 Å². The van der Waals surface area contributed by atoms with Crippen LogP contribution in [0.5, 0.6) is 0 Å². The molecule has 0 atom stereocenters. The van der Waals surface area contributed by atoms with Crippen LogP contribution in [0.1, 0.15) is 29.7 Å². The number of carbonyl (C=O) groups excluding carboxylic acids is 2. The second kappa shape index (κ2) is 10.1. The Kier molecular flexibility index (Phi) is 6.80. The van der Waals surface area contributed by atoms with Gasteiger partial charge in [0.05, 0.1) is 12.2 Å². The molecule has 0 aliphatic carbocycles. The summed E-state index contributed by atoms with van der Waals surface area (Å²) in [5.41, 5.74) is 2.99. The minimum absolute atomic E-state index is 0.00821. The number of aryl methyl sites for hydroxylation is 1. The molecule has 0 spiro atoms. The number of carbonyl (C=O) groups is 2. The van der Waals surface area contributed by atoms with Gasteiger partial charge in [0.2, 0.25) is 11.8 Å². The fourth-order valence-corrected chi connectivity index (χ4v) is 3.95. The molecule has 1 aromatic heterocycles. The molecule has 1 aliphatic rings. The minimum atomic E-state index is -0.113. The summed E-state index contributed by atoms with van der Waals surface area (Å²) >= 11 is 0. The van der Waals surface area contributed by atoms with Crippen LogP contribution >= 0.6 is 0 Å². The summed E-state index contributed by atoms with van der Waals surface area (Å²) in [6.45, 7) is 3.69. The molecule has 2 heterocycles. The van der Waals surface area contributed by atoms with Gasteiger partial charge in [0.15, 0.2) is 0 Å². The Labute approximate surface area is 188 Å². The highest BCUT2D eigenvalue weighted by molar-refractivity contribution is 5.93. The van der Waals surface area contributed by atoms with E-state index >= 15 is 0 Å². The Morgan fingerprint density at radius 3 is 2.38 bits per heavy atom. The van der Waals surface area contributed by atoms with Crippen LogP contribution in [0, 0.1) is 12.8 Å². The number of hydrogen-bond donors (Lipinski definition) is 1. The lowest BCUT2D eigenvalue weighted by Crippen LogP contribution is -2.40. The molecule has 0 radical (unpaired) electrons. The quantitative estimate of drug-likeness (QED) is 0.601. The van der Waals surface area contributed by atoms with Gasteiger partial charge in [-0.1, -0.05) is 60.7 Å². The van der Waals surface area contributed by atoms with Crippen LogP contribution in [0.25, 0.3) is 6.08 Å². The van der Waals surface area contributed by atoms with Crippen LogP contribution in [-0.4, -0.2) is 39.6 Å². The average Bonchev–Trinajstić information content (AvgIpc) is 3.17. The van der Waals surface area contributed by atoms with E-state index in [1.54, 1.807) is 6.08 Å². The lowest BCUT2D eigenvalue weighted by molar-refractivity contribution is -0.130. The summed E-state index contributed by atoms with van der Waals surface area (Å²) in [4.78, 5) is 27.2. The first-order chi connectivity index (χ1) is 15.6. The van der Waals surface area contributed by atoms with Gasteiger partial charge in [0, 0.05) is 31.1 Å². The highest BCUT2D eigenvalue weighted by atomic mass is 16.2. The average molecular weight is 429 g/mol. The van der Waals surface area contributed by atoms with Crippen molar-refractivity contribution >= 4 is 23.7 Å². The summed E-state index contributed by atoms with van der Waals surface area (Å²) in [7, 11) is 0. The molecule has 32 heavy (non-hydrogen) atoms. The second-order valence-electron chi connectivity index (χ2n) is 8.15. The minimum Gasteiger partial charge on any atom is -0.339 e. The van der Waals surface area contributed by atoms with E-state index in [9.17, 15) is 9.59 Å². The molecule has 1 aliphatic heterocycles. The van der Waals surface area contributed by atoms with E-state index < -0.39 is 0 Å². The first-order valence-corrected chi connectivity index (χ1v) is 11.0. The number of nitrogens with one attached hydrogen (secondary N) is 1. The summed E-state index contributed by atoms with van der Waals surface area (Å²) in [5.74, 6) is 0.577. The van der Waals surface area contributed by atoms with Crippen molar-refractivity contribution in [1.29, 1.82) is 0 Å². The zero-order chi connectivity index (χ0) is 22.3. The molecule has 6 heteroatoms. The molecule has 0 bridgehead atoms. The number of benzene rings is 2. The van der Waals surface area contributed by atoms with Crippen molar-refractivity contribution in [3.05, 3.63) is 89.6 Å². The zero-order valence-electron chi connectivity index (χ0n) is 18.3. The molecule has 3 aromatic rings. The van der Waals surface area contributed by atoms with E-state index in [1.807, 2.05) is 89.3 Å². The number of rotatable bonds is 6. The highest BCUT2D eigenvalue weighted by Crippen LogP contribution is 2.21. The number of anilines is 1. The first kappa shape index (κ1) is 21.6. The van der Waals surface area contributed by atoms with Crippen molar-refractivity contribution in [2.24, 2.45) is 5.92 Å². The number of nitrogens with zero attached hydrogens (tertiary/aromatic N) is 3. The molecule has 1 saturated heterocycles. The molecule has 1 N–H and O–H groups in total. The second-order valence-corrected chi connectivity index (χ2v) is 8.15. The number of piperidine rings is 1. The molecule has 0 unspecified atom stereocenters. The molecule has 4 rings (SSSR count). The van der Waals surface area contributed by atoms with Gasteiger partial charge in [-0.25, -0.2) is 4.68 Å². The normalized spacial score (nSPS) is 14.6. The summed E-state index contributed by atoms with van der Waals surface area (Å²) in [5, 5.41) is 7.58. The Bertz CT molecular complexity index is 1080. The third-order valence-corrected chi connectivity index (χ3v) is 5.72. The molecular weight excluding hydrogens is 400 g/mol. The maximum Gasteiger partial charge on any atom is 0.246 e. The number of hydrogen-bond acceptors (Lipinski definition) is 3. The fourth-order valence-electron chi connectivity index (χ4n) is 3.95. The molecule has 0 saturated carbocycles. The first-order valence-electron chi connectivity index (χ1n) is 11.0. The summed E-state index contributed by atoms with van der Waals surface area (Å²) in [6.07, 6.45) is 4.75. The van der Waals surface area contributed by atoms with Gasteiger partial charge in [-0.3, -0.25) is 9.59 Å². The van der Waals surface area contributed by atoms with Crippen molar-refractivity contribution in [1.82, 2.24) is 14.7 Å². The lowest BCUT2D eigenvalue weighted by atomic mass is 9.96. The Hall–Kier alpha value is -3.67. The van der Waals surface area contributed by atoms with Crippen molar-refractivity contribution < 1.29 is 9.59 Å². The van der Waals surface area contributed by atoms with Crippen LogP contribution in [-0.2, 0) is 16.1 Å². The van der Waals surface area contributed by atoms with Gasteiger partial charge in [-0.15, -0.1) is 0 Å². The summed E-state index contributed by atoms with van der Waals surface area (Å²) in [6, 6.07) is 21.7.